The highest BCUT2D eigenvalue weighted by Gasteiger charge is 2.54. The van der Waals surface area contributed by atoms with E-state index in [1.165, 1.54) is 36.4 Å². The molecule has 3 heterocycles. The molecular formula is C48H42Cl3N5O9. The zero-order chi connectivity index (χ0) is 46.2. The molecule has 1 aromatic heterocycles. The van der Waals surface area contributed by atoms with E-state index in [0.29, 0.717) is 48.7 Å². The number of hydrogen-bond donors (Lipinski definition) is 5. The lowest BCUT2D eigenvalue weighted by Gasteiger charge is -2.36. The van der Waals surface area contributed by atoms with Crippen molar-refractivity contribution in [3.8, 4) is 39.9 Å². The van der Waals surface area contributed by atoms with Crippen LogP contribution < -0.4 is 20.7 Å². The van der Waals surface area contributed by atoms with Gasteiger partial charge in [0.05, 0.1) is 35.2 Å². The van der Waals surface area contributed by atoms with Crippen molar-refractivity contribution in [3.63, 3.8) is 0 Å². The molecule has 0 unspecified atom stereocenters. The molecule has 6 aromatic rings. The van der Waals surface area contributed by atoms with Gasteiger partial charge in [-0.1, -0.05) is 60.8 Å². The molecule has 17 heteroatoms. The summed E-state index contributed by atoms with van der Waals surface area (Å²) in [4.78, 5) is 54.6. The monoisotopic (exact) mass is 937 g/mol. The number of benzene rings is 5. The second kappa shape index (κ2) is 18.1. The summed E-state index contributed by atoms with van der Waals surface area (Å²) in [5.74, 6) is -1.72. The topological polar surface area (TPSA) is 190 Å². The van der Waals surface area contributed by atoms with Crippen LogP contribution in [-0.4, -0.2) is 75.5 Å². The molecule has 1 spiro atoms. The van der Waals surface area contributed by atoms with Gasteiger partial charge in [-0.05, 0) is 92.6 Å². The molecule has 14 nitrogen and oxygen atoms in total. The number of rotatable bonds is 14. The van der Waals surface area contributed by atoms with Crippen molar-refractivity contribution in [1.29, 1.82) is 0 Å². The second-order valence-electron chi connectivity index (χ2n) is 15.5. The molecule has 0 fully saturated rings. The molecule has 334 valence electrons. The van der Waals surface area contributed by atoms with Gasteiger partial charge in [0.15, 0.2) is 11.3 Å². The van der Waals surface area contributed by atoms with E-state index in [1.54, 1.807) is 60.1 Å². The highest BCUT2D eigenvalue weighted by Crippen LogP contribution is 2.57. The minimum Gasteiger partial charge on any atom is -0.508 e. The Labute approximate surface area is 388 Å². The Morgan fingerprint density at radius 3 is 2.03 bits per heavy atom. The van der Waals surface area contributed by atoms with Gasteiger partial charge in [-0.15, -0.1) is 0 Å². The second-order valence-corrected chi connectivity index (χ2v) is 16.8. The lowest BCUT2D eigenvalue weighted by Crippen LogP contribution is -2.58. The van der Waals surface area contributed by atoms with Crippen LogP contribution in [0.4, 0.5) is 0 Å². The molecule has 0 aliphatic carbocycles. The Balaban J connectivity index is 0.892. The Morgan fingerprint density at radius 2 is 1.40 bits per heavy atom. The lowest BCUT2D eigenvalue weighted by atomic mass is 9.77. The van der Waals surface area contributed by atoms with Crippen molar-refractivity contribution in [2.45, 2.75) is 44.8 Å². The number of phenols is 2. The van der Waals surface area contributed by atoms with Gasteiger partial charge in [-0.25, -0.2) is 9.48 Å². The van der Waals surface area contributed by atoms with Crippen LogP contribution in [0, 0.1) is 6.92 Å². The van der Waals surface area contributed by atoms with Crippen LogP contribution in [0.2, 0.25) is 15.1 Å². The van der Waals surface area contributed by atoms with Crippen molar-refractivity contribution >= 4 is 58.5 Å². The highest BCUT2D eigenvalue weighted by molar-refractivity contribution is 6.35. The molecule has 2 aliphatic heterocycles. The molecule has 65 heavy (non-hydrogen) atoms. The molecule has 8 rings (SSSR count). The number of hydrogen-bond acceptors (Lipinski definition) is 10. The van der Waals surface area contributed by atoms with Crippen LogP contribution in [0.25, 0.3) is 16.9 Å². The third-order valence-electron chi connectivity index (χ3n) is 11.7. The fourth-order valence-electron chi connectivity index (χ4n) is 8.25. The molecule has 5 aromatic carbocycles. The minimum atomic E-state index is -1.52. The van der Waals surface area contributed by atoms with E-state index in [1.807, 2.05) is 26.0 Å². The summed E-state index contributed by atoms with van der Waals surface area (Å²) in [6, 6.07) is 25.6. The summed E-state index contributed by atoms with van der Waals surface area (Å²) >= 11 is 19.0. The molecule has 0 atom stereocenters. The lowest BCUT2D eigenvalue weighted by molar-refractivity contribution is -0.128. The summed E-state index contributed by atoms with van der Waals surface area (Å²) < 4.78 is 19.4. The highest BCUT2D eigenvalue weighted by atomic mass is 35.5. The average molecular weight is 939 g/mol. The smallest absolute Gasteiger partial charge is 0.340 e. The third kappa shape index (κ3) is 8.34. The maximum absolute atomic E-state index is 14.1. The quantitative estimate of drug-likeness (QED) is 0.0522. The van der Waals surface area contributed by atoms with Crippen LogP contribution in [0.15, 0.2) is 97.1 Å². The zero-order valence-corrected chi connectivity index (χ0v) is 37.5. The molecule has 0 saturated heterocycles. The number of ether oxygens (including phenoxy) is 3. The molecular weight excluding hydrogens is 897 g/mol. The van der Waals surface area contributed by atoms with E-state index in [2.05, 4.69) is 16.0 Å². The van der Waals surface area contributed by atoms with E-state index in [4.69, 9.17) is 54.1 Å². The zero-order valence-electron chi connectivity index (χ0n) is 35.3. The number of amides is 3. The Morgan fingerprint density at radius 1 is 0.769 bits per heavy atom. The maximum atomic E-state index is 14.1. The van der Waals surface area contributed by atoms with Gasteiger partial charge in [-0.2, -0.15) is 5.10 Å². The number of nitrogens with one attached hydrogen (secondary N) is 3. The van der Waals surface area contributed by atoms with Crippen LogP contribution in [0.1, 0.15) is 80.1 Å². The van der Waals surface area contributed by atoms with E-state index in [9.17, 15) is 29.4 Å². The van der Waals surface area contributed by atoms with Crippen molar-refractivity contribution in [1.82, 2.24) is 25.7 Å². The van der Waals surface area contributed by atoms with E-state index >= 15 is 0 Å². The number of aromatic hydroxyl groups is 2. The number of carbonyl (C=O) groups is 4. The van der Waals surface area contributed by atoms with E-state index in [0.717, 1.165) is 5.56 Å². The molecule has 5 N–H and O–H groups in total. The number of aromatic nitrogens is 2. The number of nitrogens with zero attached hydrogens (tertiary/aromatic N) is 2. The fourth-order valence-corrected chi connectivity index (χ4v) is 8.87. The SMILES string of the molecule is CCC(CC)(NC(=O)c1nn(-c2ccc(Cl)cc2Cl)c(-c2ccc(Cl)cc2)c1C)C(=O)NCCOCCNC(=O)c1ccc2c(c1)C1(OC2=O)c2ccc(O)cc2Oc2cc(O)ccc21. The first-order valence-corrected chi connectivity index (χ1v) is 21.8. The number of carbonyl (C=O) groups excluding carboxylic acids is 4. The van der Waals surface area contributed by atoms with Crippen molar-refractivity contribution in [2.75, 3.05) is 26.3 Å². The van der Waals surface area contributed by atoms with Gasteiger partial charge in [0.2, 0.25) is 5.91 Å². The number of esters is 1. The van der Waals surface area contributed by atoms with Crippen molar-refractivity contribution in [3.05, 3.63) is 151 Å². The number of fused-ring (bicyclic) bond motifs is 6. The van der Waals surface area contributed by atoms with Gasteiger partial charge in [0.1, 0.15) is 28.5 Å². The van der Waals surface area contributed by atoms with Gasteiger partial charge >= 0.3 is 5.97 Å². The van der Waals surface area contributed by atoms with Crippen LogP contribution >= 0.6 is 34.8 Å². The predicted molar refractivity (Wildman–Crippen MR) is 244 cm³/mol. The Kier molecular flexibility index (Phi) is 12.5. The first kappa shape index (κ1) is 45.0. The standard InChI is InChI=1S/C48H42Cl3N5O9/c1-4-47(5-2,54-44(60)41-26(3)42(27-6-9-29(49)10-7-27)56(55-41)38-17-11-30(50)23-37(38)51)46(62)53-19-21-63-20-18-52-43(59)28-8-14-33-36(22-28)48(65-45(33)61)34-15-12-31(57)24-39(34)64-40-25-32(58)13-16-35(40)48/h6-17,22-25,57-58H,4-5,18-21H2,1-3H3,(H,52,59)(H,53,62)(H,54,60). The van der Waals surface area contributed by atoms with Crippen LogP contribution in [0.3, 0.4) is 0 Å². The average Bonchev–Trinajstić information content (AvgIpc) is 3.78. The third-order valence-corrected chi connectivity index (χ3v) is 12.5. The van der Waals surface area contributed by atoms with E-state index in [-0.39, 0.29) is 79.0 Å². The number of halogens is 3. The number of phenolic OH excluding ortho intramolecular Hbond substituents is 2. The molecule has 0 radical (unpaired) electrons. The van der Waals surface area contributed by atoms with Crippen LogP contribution in [0.5, 0.6) is 23.0 Å². The molecule has 2 aliphatic rings. The summed E-state index contributed by atoms with van der Waals surface area (Å²) in [6.45, 7) is 5.87. The van der Waals surface area contributed by atoms with Gasteiger partial charge in [-0.3, -0.25) is 14.4 Å². The summed E-state index contributed by atoms with van der Waals surface area (Å²) in [5.41, 5.74) is 1.47. The van der Waals surface area contributed by atoms with Crippen molar-refractivity contribution < 1.29 is 43.6 Å². The summed E-state index contributed by atoms with van der Waals surface area (Å²) in [7, 11) is 0. The van der Waals surface area contributed by atoms with E-state index < -0.39 is 34.8 Å². The fraction of sp³-hybridized carbons (Fsp3) is 0.229. The largest absolute Gasteiger partial charge is 0.508 e. The minimum absolute atomic E-state index is 0.0771. The molecule has 0 saturated carbocycles. The summed E-state index contributed by atoms with van der Waals surface area (Å²) in [5, 5.41) is 35.1. The first-order chi connectivity index (χ1) is 31.2. The Hall–Kier alpha value is -6.58. The van der Waals surface area contributed by atoms with Gasteiger partial charge in [0.25, 0.3) is 11.8 Å². The van der Waals surface area contributed by atoms with Gasteiger partial charge < -0.3 is 40.4 Å². The predicted octanol–water partition coefficient (Wildman–Crippen LogP) is 8.64. The molecule has 0 bridgehead atoms. The summed E-state index contributed by atoms with van der Waals surface area (Å²) in [6.07, 6.45) is 0.565. The Bertz CT molecular complexity index is 2830. The normalized spacial score (nSPS) is 13.3. The van der Waals surface area contributed by atoms with Crippen molar-refractivity contribution in [2.24, 2.45) is 0 Å². The molecule has 3 amide bonds. The maximum Gasteiger partial charge on any atom is 0.340 e. The van der Waals surface area contributed by atoms with Crippen LogP contribution in [-0.2, 0) is 19.9 Å². The first-order valence-electron chi connectivity index (χ1n) is 20.7. The van der Waals surface area contributed by atoms with Gasteiger partial charge in [0, 0.05) is 68.6 Å².